The molecule has 0 saturated carbocycles. The fourth-order valence-corrected chi connectivity index (χ4v) is 0.118. The molecular weight excluding hydrogens is 120 g/mol. The molecule has 4 nitrogen and oxygen atoms in total. The summed E-state index contributed by atoms with van der Waals surface area (Å²) in [6.07, 6.45) is 0.997. The van der Waals surface area contributed by atoms with Crippen molar-refractivity contribution in [3.8, 4) is 0 Å². The van der Waals surface area contributed by atoms with Crippen molar-refractivity contribution in [2.24, 2.45) is 5.90 Å². The Hall–Kier alpha value is -0.160. The molecule has 0 saturated heterocycles. The molecule has 0 heterocycles. The lowest BCUT2D eigenvalue weighted by molar-refractivity contribution is -0.0372. The second-order valence-electron chi connectivity index (χ2n) is 1.72. The van der Waals surface area contributed by atoms with Crippen LogP contribution >= 0.6 is 0 Å². The third-order valence-electron chi connectivity index (χ3n) is 0.322. The molecule has 58 valence electrons. The Labute approximate surface area is 56.1 Å². The summed E-state index contributed by atoms with van der Waals surface area (Å²) >= 11 is 0. The van der Waals surface area contributed by atoms with Gasteiger partial charge in [0.1, 0.15) is 0 Å². The van der Waals surface area contributed by atoms with Gasteiger partial charge in [0.25, 0.3) is 0 Å². The number of rotatable bonds is 2. The molecule has 0 aliphatic heterocycles. The summed E-state index contributed by atoms with van der Waals surface area (Å²) in [5, 5.41) is 8.89. The van der Waals surface area contributed by atoms with Gasteiger partial charge < -0.3 is 10.0 Å². The van der Waals surface area contributed by atoms with Crippen LogP contribution in [0.2, 0.25) is 0 Å². The normalized spacial score (nSPS) is 8.67. The minimum absolute atomic E-state index is 0.667. The van der Waals surface area contributed by atoms with E-state index in [4.69, 9.17) is 5.21 Å². The van der Waals surface area contributed by atoms with Crippen molar-refractivity contribution in [2.45, 2.75) is 13.3 Å². The van der Waals surface area contributed by atoms with Crippen molar-refractivity contribution in [3.05, 3.63) is 0 Å². The van der Waals surface area contributed by atoms with Crippen LogP contribution in [0.5, 0.6) is 0 Å². The number of nitrogens with zero attached hydrogens (tertiary/aromatic N) is 1. The molecule has 0 aliphatic carbocycles. The lowest BCUT2D eigenvalue weighted by Crippen LogP contribution is -2.01. The van der Waals surface area contributed by atoms with E-state index >= 15 is 0 Å². The molecule has 0 radical (unpaired) electrons. The van der Waals surface area contributed by atoms with Gasteiger partial charge in [0.05, 0.1) is 6.61 Å². The lowest BCUT2D eigenvalue weighted by Gasteiger charge is -1.89. The highest BCUT2D eigenvalue weighted by Gasteiger charge is 1.66. The summed E-state index contributed by atoms with van der Waals surface area (Å²) in [6, 6.07) is 0. The zero-order chi connectivity index (χ0) is 7.70. The second kappa shape index (κ2) is 10.8. The number of nitrogens with two attached hydrogens (primary N) is 1. The highest BCUT2D eigenvalue weighted by molar-refractivity contribution is 4.14. The molecule has 0 spiro atoms. The molecule has 9 heavy (non-hydrogen) atoms. The summed E-state index contributed by atoms with van der Waals surface area (Å²) in [6.45, 7) is 2.67. The first-order valence-electron chi connectivity index (χ1n) is 2.83. The van der Waals surface area contributed by atoms with E-state index in [1.807, 2.05) is 6.92 Å². The smallest absolute Gasteiger partial charge is 0.0676 e. The fourth-order valence-electron chi connectivity index (χ4n) is 0.118. The Morgan fingerprint density at radius 2 is 1.89 bits per heavy atom. The standard InChI is InChI=1S/C3H9NO.C2H7NO/c1-2-3-5-4;1-3(2)4/h2-4H2,1H3;4H,1-2H3. The summed E-state index contributed by atoms with van der Waals surface area (Å²) < 4.78 is 0. The predicted octanol–water partition coefficient (Wildman–Crippen LogP) is 0.224. The van der Waals surface area contributed by atoms with Gasteiger partial charge in [-0.1, -0.05) is 6.92 Å². The van der Waals surface area contributed by atoms with Crippen LogP contribution in [-0.2, 0) is 4.84 Å². The largest absolute Gasteiger partial charge is 0.315 e. The van der Waals surface area contributed by atoms with Crippen molar-refractivity contribution in [1.82, 2.24) is 5.06 Å². The Kier molecular flexibility index (Phi) is 13.9. The monoisotopic (exact) mass is 136 g/mol. The third kappa shape index (κ3) is 79.0. The van der Waals surface area contributed by atoms with Crippen LogP contribution in [0.15, 0.2) is 0 Å². The highest BCUT2D eigenvalue weighted by Crippen LogP contribution is 1.67. The van der Waals surface area contributed by atoms with E-state index in [-0.39, 0.29) is 0 Å². The van der Waals surface area contributed by atoms with E-state index in [0.717, 1.165) is 11.5 Å². The summed E-state index contributed by atoms with van der Waals surface area (Å²) in [4.78, 5) is 4.19. The molecule has 0 unspecified atom stereocenters. The topological polar surface area (TPSA) is 58.7 Å². The van der Waals surface area contributed by atoms with E-state index in [1.165, 1.54) is 0 Å². The molecule has 0 atom stereocenters. The fraction of sp³-hybridized carbons (Fsp3) is 1.00. The van der Waals surface area contributed by atoms with Crippen molar-refractivity contribution in [2.75, 3.05) is 20.7 Å². The highest BCUT2D eigenvalue weighted by atomic mass is 16.6. The van der Waals surface area contributed by atoms with Crippen LogP contribution in [0.4, 0.5) is 0 Å². The molecule has 0 aromatic heterocycles. The zero-order valence-corrected chi connectivity index (χ0v) is 6.29. The molecule has 0 bridgehead atoms. The molecule has 4 heteroatoms. The van der Waals surface area contributed by atoms with Crippen LogP contribution in [0.25, 0.3) is 0 Å². The van der Waals surface area contributed by atoms with Crippen LogP contribution in [0.1, 0.15) is 13.3 Å². The average molecular weight is 136 g/mol. The maximum absolute atomic E-state index is 7.89. The van der Waals surface area contributed by atoms with Gasteiger partial charge in [-0.3, -0.25) is 0 Å². The van der Waals surface area contributed by atoms with Crippen LogP contribution in [0.3, 0.4) is 0 Å². The van der Waals surface area contributed by atoms with Gasteiger partial charge in [-0.05, 0) is 6.42 Å². The van der Waals surface area contributed by atoms with Gasteiger partial charge in [0.15, 0.2) is 0 Å². The van der Waals surface area contributed by atoms with E-state index in [2.05, 4.69) is 10.7 Å². The van der Waals surface area contributed by atoms with Gasteiger partial charge in [-0.2, -0.15) is 5.06 Å². The van der Waals surface area contributed by atoms with Crippen LogP contribution in [0, 0.1) is 0 Å². The van der Waals surface area contributed by atoms with E-state index in [0.29, 0.717) is 6.61 Å². The van der Waals surface area contributed by atoms with Crippen molar-refractivity contribution in [3.63, 3.8) is 0 Å². The maximum Gasteiger partial charge on any atom is 0.0676 e. The average Bonchev–Trinajstić information content (AvgIpc) is 1.66. The number of hydrogen-bond acceptors (Lipinski definition) is 4. The van der Waals surface area contributed by atoms with Crippen LogP contribution < -0.4 is 5.90 Å². The van der Waals surface area contributed by atoms with Gasteiger partial charge in [-0.15, -0.1) is 0 Å². The molecule has 0 fully saturated rings. The number of hydroxylamine groups is 2. The first-order valence-corrected chi connectivity index (χ1v) is 2.83. The van der Waals surface area contributed by atoms with E-state index in [9.17, 15) is 0 Å². The first kappa shape index (κ1) is 11.6. The van der Waals surface area contributed by atoms with E-state index in [1.54, 1.807) is 14.1 Å². The van der Waals surface area contributed by atoms with Gasteiger partial charge in [-0.25, -0.2) is 5.90 Å². The Balaban J connectivity index is 0. The lowest BCUT2D eigenvalue weighted by atomic mass is 10.5. The van der Waals surface area contributed by atoms with Gasteiger partial charge in [0, 0.05) is 14.1 Å². The maximum atomic E-state index is 7.89. The second-order valence-corrected chi connectivity index (χ2v) is 1.72. The third-order valence-corrected chi connectivity index (χ3v) is 0.322. The summed E-state index contributed by atoms with van der Waals surface area (Å²) in [7, 11) is 3.11. The Morgan fingerprint density at radius 3 is 1.89 bits per heavy atom. The molecular formula is C5H16N2O2. The first-order chi connectivity index (χ1) is 4.15. The molecule has 0 aromatic rings. The van der Waals surface area contributed by atoms with Crippen molar-refractivity contribution in [1.29, 1.82) is 0 Å². The van der Waals surface area contributed by atoms with Crippen LogP contribution in [-0.4, -0.2) is 31.0 Å². The Morgan fingerprint density at radius 1 is 1.56 bits per heavy atom. The van der Waals surface area contributed by atoms with Gasteiger partial charge in [0.2, 0.25) is 0 Å². The predicted molar refractivity (Wildman–Crippen MR) is 35.9 cm³/mol. The van der Waals surface area contributed by atoms with Crippen molar-refractivity contribution < 1.29 is 10.0 Å². The number of hydrogen-bond donors (Lipinski definition) is 2. The SMILES string of the molecule is CCCON.CN(C)O. The van der Waals surface area contributed by atoms with Crippen molar-refractivity contribution >= 4 is 0 Å². The quantitative estimate of drug-likeness (QED) is 0.533. The molecule has 0 aliphatic rings. The minimum Gasteiger partial charge on any atom is -0.315 e. The zero-order valence-electron chi connectivity index (χ0n) is 6.29. The molecule has 0 aromatic carbocycles. The van der Waals surface area contributed by atoms with E-state index < -0.39 is 0 Å². The van der Waals surface area contributed by atoms with Gasteiger partial charge >= 0.3 is 0 Å². The molecule has 0 amide bonds. The molecule has 3 N–H and O–H groups in total. The Bertz CT molecular complexity index is 37.2. The minimum atomic E-state index is 0.667. The summed E-state index contributed by atoms with van der Waals surface area (Å²) in [5.74, 6) is 4.64. The summed E-state index contributed by atoms with van der Waals surface area (Å²) in [5.41, 5.74) is 0. The molecule has 0 rings (SSSR count).